The predicted molar refractivity (Wildman–Crippen MR) is 76.0 cm³/mol. The molecule has 1 atom stereocenters. The minimum absolute atomic E-state index is 0.311. The molecule has 1 aliphatic rings. The van der Waals surface area contributed by atoms with E-state index in [1.165, 1.54) is 25.7 Å². The normalized spacial score (nSPS) is 20.7. The molecule has 2 aromatic rings. The third-order valence-corrected chi connectivity index (χ3v) is 3.93. The van der Waals surface area contributed by atoms with Crippen molar-refractivity contribution < 1.29 is 0 Å². The first-order valence-electron chi connectivity index (χ1n) is 7.03. The highest BCUT2D eigenvalue weighted by molar-refractivity contribution is 5.87. The molecule has 6 nitrogen and oxygen atoms in total. The average molecular weight is 260 g/mol. The summed E-state index contributed by atoms with van der Waals surface area (Å²) in [4.78, 5) is 11.0. The zero-order valence-corrected chi connectivity index (χ0v) is 11.3. The van der Waals surface area contributed by atoms with E-state index in [1.54, 1.807) is 6.20 Å². The molecule has 1 unspecified atom stereocenters. The fourth-order valence-corrected chi connectivity index (χ4v) is 2.94. The quantitative estimate of drug-likeness (QED) is 0.863. The third-order valence-electron chi connectivity index (χ3n) is 3.93. The zero-order valence-electron chi connectivity index (χ0n) is 11.3. The summed E-state index contributed by atoms with van der Waals surface area (Å²) in [5.74, 6) is 1.25. The van der Waals surface area contributed by atoms with Gasteiger partial charge in [0.2, 0.25) is 5.95 Å². The van der Waals surface area contributed by atoms with E-state index in [-0.39, 0.29) is 0 Å². The summed E-state index contributed by atoms with van der Waals surface area (Å²) in [6.45, 7) is 3.27. The summed E-state index contributed by atoms with van der Waals surface area (Å²) in [6.07, 6.45) is 7.94. The summed E-state index contributed by atoms with van der Waals surface area (Å²) >= 11 is 0. The van der Waals surface area contributed by atoms with E-state index < -0.39 is 0 Å². The molecule has 3 N–H and O–H groups in total. The van der Waals surface area contributed by atoms with Crippen LogP contribution < -0.4 is 10.6 Å². The van der Waals surface area contributed by atoms with Gasteiger partial charge in [-0.3, -0.25) is 5.10 Å². The molecule has 0 radical (unpaired) electrons. The maximum Gasteiger partial charge on any atom is 0.224 e. The number of rotatable bonds is 2. The first kappa shape index (κ1) is 12.2. The maximum atomic E-state index is 5.82. The monoisotopic (exact) mass is 260 g/mol. The number of fused-ring (bicyclic) bond motifs is 1. The molecule has 1 aliphatic heterocycles. The molecule has 0 aliphatic carbocycles. The van der Waals surface area contributed by atoms with Crippen molar-refractivity contribution in [1.29, 1.82) is 0 Å². The summed E-state index contributed by atoms with van der Waals surface area (Å²) in [7, 11) is 0. The Morgan fingerprint density at radius 2 is 2.26 bits per heavy atom. The van der Waals surface area contributed by atoms with Crippen LogP contribution in [0.5, 0.6) is 0 Å². The van der Waals surface area contributed by atoms with Gasteiger partial charge in [0.15, 0.2) is 5.65 Å². The summed E-state index contributed by atoms with van der Waals surface area (Å²) in [6, 6.07) is 0.537. The Balaban J connectivity index is 2.07. The highest BCUT2D eigenvalue weighted by Crippen LogP contribution is 2.29. The van der Waals surface area contributed by atoms with Crippen LogP contribution in [0.1, 0.15) is 39.0 Å². The Bertz CT molecular complexity index is 563. The van der Waals surface area contributed by atoms with Crippen molar-refractivity contribution in [2.24, 2.45) is 0 Å². The lowest BCUT2D eigenvalue weighted by Crippen LogP contribution is -2.35. The van der Waals surface area contributed by atoms with Gasteiger partial charge in [0, 0.05) is 12.6 Å². The molecule has 0 saturated carbocycles. The fourth-order valence-electron chi connectivity index (χ4n) is 2.94. The van der Waals surface area contributed by atoms with Crippen molar-refractivity contribution >= 4 is 22.8 Å². The first-order valence-corrected chi connectivity index (χ1v) is 7.03. The molecule has 6 heteroatoms. The van der Waals surface area contributed by atoms with E-state index >= 15 is 0 Å². The molecule has 2 aromatic heterocycles. The van der Waals surface area contributed by atoms with Gasteiger partial charge in [-0.1, -0.05) is 19.8 Å². The van der Waals surface area contributed by atoms with Crippen molar-refractivity contribution in [3.8, 4) is 0 Å². The lowest BCUT2D eigenvalue weighted by atomic mass is 10.1. The number of nitrogens with zero attached hydrogens (tertiary/aromatic N) is 4. The molecule has 3 heterocycles. The molecule has 0 amide bonds. The average Bonchev–Trinajstić information content (AvgIpc) is 2.74. The molecule has 0 spiro atoms. The molecule has 3 rings (SSSR count). The number of H-pyrrole nitrogens is 1. The SMILES string of the molecule is CCC1CCCCCN1c1nc(N)nc2[nH]ncc12. The topological polar surface area (TPSA) is 83.7 Å². The zero-order chi connectivity index (χ0) is 13.2. The van der Waals surface area contributed by atoms with E-state index in [4.69, 9.17) is 5.73 Å². The largest absolute Gasteiger partial charge is 0.368 e. The second-order valence-corrected chi connectivity index (χ2v) is 5.14. The van der Waals surface area contributed by atoms with Crippen LogP contribution >= 0.6 is 0 Å². The summed E-state index contributed by atoms with van der Waals surface area (Å²) < 4.78 is 0. The van der Waals surface area contributed by atoms with Crippen molar-refractivity contribution in [2.75, 3.05) is 17.2 Å². The maximum absolute atomic E-state index is 5.82. The Kier molecular flexibility index (Phi) is 3.23. The van der Waals surface area contributed by atoms with Gasteiger partial charge in [-0.25, -0.2) is 0 Å². The van der Waals surface area contributed by atoms with Crippen LogP contribution in [-0.2, 0) is 0 Å². The van der Waals surface area contributed by atoms with Gasteiger partial charge in [0.05, 0.1) is 11.6 Å². The molecule has 1 saturated heterocycles. The molecular weight excluding hydrogens is 240 g/mol. The van der Waals surface area contributed by atoms with Crippen LogP contribution in [0.2, 0.25) is 0 Å². The lowest BCUT2D eigenvalue weighted by molar-refractivity contribution is 0.553. The molecule has 0 aromatic carbocycles. The van der Waals surface area contributed by atoms with Crippen molar-refractivity contribution in [1.82, 2.24) is 20.2 Å². The Morgan fingerprint density at radius 3 is 3.11 bits per heavy atom. The van der Waals surface area contributed by atoms with Gasteiger partial charge in [0.1, 0.15) is 5.82 Å². The highest BCUT2D eigenvalue weighted by atomic mass is 15.3. The number of nitrogen functional groups attached to an aromatic ring is 1. The van der Waals surface area contributed by atoms with E-state index in [2.05, 4.69) is 32.0 Å². The highest BCUT2D eigenvalue weighted by Gasteiger charge is 2.23. The number of anilines is 2. The molecule has 1 fully saturated rings. The number of aromatic nitrogens is 4. The number of hydrogen-bond donors (Lipinski definition) is 2. The second kappa shape index (κ2) is 5.03. The van der Waals surface area contributed by atoms with Crippen LogP contribution in [0.25, 0.3) is 11.0 Å². The Hall–Kier alpha value is -1.85. The summed E-state index contributed by atoms with van der Waals surface area (Å²) in [5, 5.41) is 7.91. The van der Waals surface area contributed by atoms with Crippen molar-refractivity contribution in [3.05, 3.63) is 6.20 Å². The van der Waals surface area contributed by atoms with Gasteiger partial charge in [0.25, 0.3) is 0 Å². The Labute approximate surface area is 112 Å². The smallest absolute Gasteiger partial charge is 0.224 e. The van der Waals surface area contributed by atoms with E-state index in [0.29, 0.717) is 12.0 Å². The minimum atomic E-state index is 0.311. The van der Waals surface area contributed by atoms with Gasteiger partial charge < -0.3 is 10.6 Å². The number of nitrogens with two attached hydrogens (primary N) is 1. The lowest BCUT2D eigenvalue weighted by Gasteiger charge is -2.30. The van der Waals surface area contributed by atoms with Gasteiger partial charge in [-0.05, 0) is 19.3 Å². The number of nitrogens with one attached hydrogen (secondary N) is 1. The molecule has 0 bridgehead atoms. The molecular formula is C13H20N6. The standard InChI is InChI=1S/C13H20N6/c1-2-9-6-4-3-5-7-19(9)12-10-8-15-18-11(10)16-13(14)17-12/h8-9H,2-7H2,1H3,(H3,14,15,16,17,18). The second-order valence-electron chi connectivity index (χ2n) is 5.14. The fraction of sp³-hybridized carbons (Fsp3) is 0.615. The third kappa shape index (κ3) is 2.22. The first-order chi connectivity index (χ1) is 9.29. The van der Waals surface area contributed by atoms with E-state index in [1.807, 2.05) is 0 Å². The van der Waals surface area contributed by atoms with Crippen LogP contribution in [0.3, 0.4) is 0 Å². The van der Waals surface area contributed by atoms with E-state index in [0.717, 1.165) is 29.8 Å². The van der Waals surface area contributed by atoms with Crippen LogP contribution in [0.15, 0.2) is 6.20 Å². The van der Waals surface area contributed by atoms with Crippen LogP contribution in [0.4, 0.5) is 11.8 Å². The number of hydrogen-bond acceptors (Lipinski definition) is 5. The Morgan fingerprint density at radius 1 is 1.37 bits per heavy atom. The van der Waals surface area contributed by atoms with Gasteiger partial charge in [-0.2, -0.15) is 15.1 Å². The van der Waals surface area contributed by atoms with Crippen molar-refractivity contribution in [3.63, 3.8) is 0 Å². The van der Waals surface area contributed by atoms with E-state index in [9.17, 15) is 0 Å². The van der Waals surface area contributed by atoms with Gasteiger partial charge in [-0.15, -0.1) is 0 Å². The number of aromatic amines is 1. The summed E-state index contributed by atoms with van der Waals surface area (Å²) in [5.41, 5.74) is 6.54. The van der Waals surface area contributed by atoms with Crippen LogP contribution in [-0.4, -0.2) is 32.8 Å². The molecule has 102 valence electrons. The van der Waals surface area contributed by atoms with Gasteiger partial charge >= 0.3 is 0 Å². The predicted octanol–water partition coefficient (Wildman–Crippen LogP) is 2.09. The van der Waals surface area contributed by atoms with Crippen molar-refractivity contribution in [2.45, 2.75) is 45.1 Å². The minimum Gasteiger partial charge on any atom is -0.368 e. The molecule has 19 heavy (non-hydrogen) atoms. The van der Waals surface area contributed by atoms with Crippen LogP contribution in [0, 0.1) is 0 Å².